The van der Waals surface area contributed by atoms with Crippen LogP contribution in [0.25, 0.3) is 27.6 Å². The van der Waals surface area contributed by atoms with Crippen LogP contribution in [0.4, 0.5) is 0 Å². The van der Waals surface area contributed by atoms with Gasteiger partial charge in [0.2, 0.25) is 0 Å². The van der Waals surface area contributed by atoms with Gasteiger partial charge in [-0.2, -0.15) is 0 Å². The van der Waals surface area contributed by atoms with Crippen molar-refractivity contribution < 1.29 is 9.59 Å². The summed E-state index contributed by atoms with van der Waals surface area (Å²) in [5.41, 5.74) is 13.0. The molecule has 4 heterocycles. The van der Waals surface area contributed by atoms with Crippen LogP contribution in [0.3, 0.4) is 0 Å². The molecule has 6 heteroatoms. The van der Waals surface area contributed by atoms with Crippen LogP contribution in [0.2, 0.25) is 0 Å². The molecule has 4 aromatic rings. The second-order valence-corrected chi connectivity index (χ2v) is 9.15. The number of pyridine rings is 1. The monoisotopic (exact) mass is 438 g/mol. The predicted molar refractivity (Wildman–Crippen MR) is 129 cm³/mol. The Bertz CT molecular complexity index is 1490. The first-order valence-corrected chi connectivity index (χ1v) is 11.5. The van der Waals surface area contributed by atoms with Crippen molar-refractivity contribution in [1.29, 1.82) is 0 Å². The lowest BCUT2D eigenvalue weighted by molar-refractivity contribution is -0.122. The summed E-state index contributed by atoms with van der Waals surface area (Å²) in [6, 6.07) is 14.0. The van der Waals surface area contributed by atoms with E-state index >= 15 is 0 Å². The van der Waals surface area contributed by atoms with Gasteiger partial charge in [0.05, 0.1) is 16.7 Å². The van der Waals surface area contributed by atoms with Gasteiger partial charge < -0.3 is 14.7 Å². The molecule has 0 bridgehead atoms. The van der Waals surface area contributed by atoms with E-state index in [-0.39, 0.29) is 11.8 Å². The summed E-state index contributed by atoms with van der Waals surface area (Å²) in [7, 11) is 1.97. The number of benzene rings is 1. The topological polar surface area (TPSA) is 81.5 Å². The molecule has 1 unspecified atom stereocenters. The number of aryl methyl sites for hydroxylation is 2. The molecule has 6 rings (SSSR count). The molecule has 2 amide bonds. The average molecular weight is 439 g/mol. The van der Waals surface area contributed by atoms with Gasteiger partial charge in [0, 0.05) is 47.2 Å². The summed E-state index contributed by atoms with van der Waals surface area (Å²) in [6.07, 6.45) is 7.89. The molecule has 1 aromatic carbocycles. The number of nitrogens with one attached hydrogen (secondary N) is 1. The Morgan fingerprint density at radius 3 is 2.64 bits per heavy atom. The quantitative estimate of drug-likeness (QED) is 0.479. The molecule has 0 fully saturated rings. The van der Waals surface area contributed by atoms with Gasteiger partial charge in [-0.1, -0.05) is 24.3 Å². The maximum atomic E-state index is 13.3. The summed E-state index contributed by atoms with van der Waals surface area (Å²) in [4.78, 5) is 26.5. The zero-order valence-electron chi connectivity index (χ0n) is 18.6. The van der Waals surface area contributed by atoms with Gasteiger partial charge in [0.1, 0.15) is 0 Å². The fourth-order valence-corrected chi connectivity index (χ4v) is 5.80. The zero-order chi connectivity index (χ0) is 22.7. The Balaban J connectivity index is 1.67. The third-order valence-corrected chi connectivity index (χ3v) is 7.26. The number of hydrogen-bond acceptors (Lipinski definition) is 3. The second-order valence-electron chi connectivity index (χ2n) is 9.15. The Morgan fingerprint density at radius 2 is 1.79 bits per heavy atom. The molecule has 0 saturated heterocycles. The molecule has 3 aromatic heterocycles. The molecule has 0 saturated carbocycles. The van der Waals surface area contributed by atoms with Gasteiger partial charge in [0.15, 0.2) is 0 Å². The Kier molecular flexibility index (Phi) is 4.52. The number of hydrogen-bond donors (Lipinski definition) is 2. The number of nitrogens with two attached hydrogens (primary N) is 1. The van der Waals surface area contributed by atoms with E-state index in [2.05, 4.69) is 22.0 Å². The lowest BCUT2D eigenvalue weighted by Crippen LogP contribution is -2.23. The van der Waals surface area contributed by atoms with Crippen molar-refractivity contribution in [3.63, 3.8) is 0 Å². The van der Waals surface area contributed by atoms with Crippen LogP contribution in [0.1, 0.15) is 35.2 Å². The SMILES string of the molecule is Cn1cc(C2=C(c3c4c(n5ccccc35)CCC(CCN)C4)C(=O)NC2=O)c2ccccc21. The van der Waals surface area contributed by atoms with Gasteiger partial charge in [-0.05, 0) is 61.9 Å². The van der Waals surface area contributed by atoms with E-state index in [4.69, 9.17) is 5.73 Å². The Labute approximate surface area is 191 Å². The summed E-state index contributed by atoms with van der Waals surface area (Å²) >= 11 is 0. The highest BCUT2D eigenvalue weighted by Crippen LogP contribution is 2.42. The van der Waals surface area contributed by atoms with Gasteiger partial charge >= 0.3 is 0 Å². The second kappa shape index (κ2) is 7.46. The fraction of sp³-hybridized carbons (Fsp3) is 0.259. The Hall–Kier alpha value is -3.64. The van der Waals surface area contributed by atoms with Crippen molar-refractivity contribution >= 4 is 39.4 Å². The van der Waals surface area contributed by atoms with E-state index in [1.54, 1.807) is 0 Å². The molecular formula is C27H26N4O2. The minimum atomic E-state index is -0.329. The number of amides is 2. The van der Waals surface area contributed by atoms with Crippen LogP contribution < -0.4 is 11.1 Å². The molecule has 2 aliphatic rings. The van der Waals surface area contributed by atoms with E-state index < -0.39 is 0 Å². The molecule has 3 N–H and O–H groups in total. The lowest BCUT2D eigenvalue weighted by atomic mass is 9.82. The van der Waals surface area contributed by atoms with Crippen LogP contribution in [0, 0.1) is 5.92 Å². The highest BCUT2D eigenvalue weighted by molar-refractivity contribution is 6.50. The number of para-hydroxylation sites is 1. The zero-order valence-corrected chi connectivity index (χ0v) is 18.6. The number of rotatable bonds is 4. The third-order valence-electron chi connectivity index (χ3n) is 7.26. The standard InChI is InChI=1S/C27H26N4O2/c1-30-15-19(17-6-2-3-7-20(17)30)24-25(27(33)29-26(24)32)23-18-14-16(11-12-28)9-10-21(18)31-13-5-4-8-22(23)31/h2-8,13,15-16H,9-12,14,28H2,1H3,(H,29,32,33). The predicted octanol–water partition coefficient (Wildman–Crippen LogP) is 3.45. The molecule has 1 aliphatic heterocycles. The first-order chi connectivity index (χ1) is 16.1. The highest BCUT2D eigenvalue weighted by Gasteiger charge is 2.38. The molecule has 0 radical (unpaired) electrons. The van der Waals surface area contributed by atoms with E-state index in [0.29, 0.717) is 23.6 Å². The van der Waals surface area contributed by atoms with E-state index in [9.17, 15) is 9.59 Å². The van der Waals surface area contributed by atoms with Crippen molar-refractivity contribution in [2.24, 2.45) is 18.7 Å². The van der Waals surface area contributed by atoms with E-state index in [1.807, 2.05) is 54.2 Å². The highest BCUT2D eigenvalue weighted by atomic mass is 16.2. The normalized spacial score (nSPS) is 18.4. The van der Waals surface area contributed by atoms with Crippen LogP contribution in [-0.2, 0) is 29.5 Å². The third kappa shape index (κ3) is 2.91. The molecular weight excluding hydrogens is 412 g/mol. The van der Waals surface area contributed by atoms with Crippen molar-refractivity contribution in [2.75, 3.05) is 6.54 Å². The van der Waals surface area contributed by atoms with Gasteiger partial charge in [-0.3, -0.25) is 14.9 Å². The molecule has 1 aliphatic carbocycles. The maximum Gasteiger partial charge on any atom is 0.259 e. The van der Waals surface area contributed by atoms with Gasteiger partial charge in [0.25, 0.3) is 11.8 Å². The van der Waals surface area contributed by atoms with Crippen molar-refractivity contribution in [3.05, 3.63) is 77.2 Å². The first-order valence-electron chi connectivity index (χ1n) is 11.5. The number of carbonyl (C=O) groups excluding carboxylic acids is 2. The number of nitrogens with zero attached hydrogens (tertiary/aromatic N) is 2. The maximum absolute atomic E-state index is 13.3. The van der Waals surface area contributed by atoms with E-state index in [0.717, 1.165) is 53.2 Å². The van der Waals surface area contributed by atoms with Crippen LogP contribution in [0.5, 0.6) is 0 Å². The molecule has 0 spiro atoms. The van der Waals surface area contributed by atoms with Gasteiger partial charge in [-0.25, -0.2) is 0 Å². The summed E-state index contributed by atoms with van der Waals surface area (Å²) in [5.74, 6) is -0.159. The average Bonchev–Trinajstić information content (AvgIpc) is 3.42. The minimum absolute atomic E-state index is 0.317. The molecule has 166 valence electrons. The van der Waals surface area contributed by atoms with E-state index in [1.165, 1.54) is 11.3 Å². The van der Waals surface area contributed by atoms with Crippen molar-refractivity contribution in [2.45, 2.75) is 25.7 Å². The lowest BCUT2D eigenvalue weighted by Gasteiger charge is -2.23. The Morgan fingerprint density at radius 1 is 1.03 bits per heavy atom. The van der Waals surface area contributed by atoms with Gasteiger partial charge in [-0.15, -0.1) is 0 Å². The summed E-state index contributed by atoms with van der Waals surface area (Å²) in [6.45, 7) is 0.658. The molecule has 33 heavy (non-hydrogen) atoms. The van der Waals surface area contributed by atoms with Crippen LogP contribution in [-0.4, -0.2) is 27.3 Å². The first kappa shape index (κ1) is 20.0. The van der Waals surface area contributed by atoms with Crippen LogP contribution in [0.15, 0.2) is 54.9 Å². The smallest absolute Gasteiger partial charge is 0.259 e. The number of fused-ring (bicyclic) bond motifs is 4. The number of imide groups is 1. The number of carbonyl (C=O) groups is 2. The van der Waals surface area contributed by atoms with Crippen molar-refractivity contribution in [1.82, 2.24) is 14.3 Å². The van der Waals surface area contributed by atoms with Crippen molar-refractivity contribution in [3.8, 4) is 0 Å². The molecule has 1 atom stereocenters. The minimum Gasteiger partial charge on any atom is -0.350 e. The molecule has 6 nitrogen and oxygen atoms in total. The fourth-order valence-electron chi connectivity index (χ4n) is 5.80. The van der Waals surface area contributed by atoms with Crippen LogP contribution >= 0.6 is 0 Å². The summed E-state index contributed by atoms with van der Waals surface area (Å²) < 4.78 is 4.21. The number of aromatic nitrogens is 2. The largest absolute Gasteiger partial charge is 0.350 e. The summed E-state index contributed by atoms with van der Waals surface area (Å²) in [5, 5.41) is 3.56.